The summed E-state index contributed by atoms with van der Waals surface area (Å²) in [6, 6.07) is 12.0. The van der Waals surface area contributed by atoms with Gasteiger partial charge in [0, 0.05) is 10.4 Å². The van der Waals surface area contributed by atoms with Gasteiger partial charge in [0.05, 0.1) is 17.3 Å². The lowest BCUT2D eigenvalue weighted by Gasteiger charge is -2.23. The number of ketones is 1. The predicted octanol–water partition coefficient (Wildman–Crippen LogP) is 5.65. The fourth-order valence-electron chi connectivity index (χ4n) is 3.73. The van der Waals surface area contributed by atoms with Crippen LogP contribution in [0.4, 0.5) is 9.52 Å². The van der Waals surface area contributed by atoms with Crippen LogP contribution in [0.5, 0.6) is 0 Å². The number of carbonyl (C=O) groups is 2. The van der Waals surface area contributed by atoms with Crippen LogP contribution in [0.15, 0.2) is 54.1 Å². The van der Waals surface area contributed by atoms with Crippen molar-refractivity contribution in [1.29, 1.82) is 0 Å². The molecular formula is C25H23FN2O3S. The third-order valence-corrected chi connectivity index (χ3v) is 6.78. The number of hydrogen-bond donors (Lipinski definition) is 1. The van der Waals surface area contributed by atoms with Gasteiger partial charge in [-0.05, 0) is 55.2 Å². The van der Waals surface area contributed by atoms with Gasteiger partial charge in [0.15, 0.2) is 5.13 Å². The number of Topliss-reactive ketones (excluding diaryl/α,β-unsaturated/α-hetero) is 1. The van der Waals surface area contributed by atoms with Gasteiger partial charge in [0.25, 0.3) is 5.78 Å². The zero-order valence-electron chi connectivity index (χ0n) is 18.2. The van der Waals surface area contributed by atoms with Crippen LogP contribution in [0, 0.1) is 19.7 Å². The first kappa shape index (κ1) is 21.9. The molecular weight excluding hydrogens is 427 g/mol. The number of carbonyl (C=O) groups excluding carboxylic acids is 2. The molecule has 1 aliphatic heterocycles. The molecule has 0 saturated carbocycles. The van der Waals surface area contributed by atoms with E-state index in [1.807, 2.05) is 38.1 Å². The van der Waals surface area contributed by atoms with Crippen LogP contribution in [-0.2, 0) is 9.59 Å². The average Bonchev–Trinajstić information content (AvgIpc) is 3.23. The smallest absolute Gasteiger partial charge is 0.301 e. The van der Waals surface area contributed by atoms with Crippen molar-refractivity contribution < 1.29 is 19.1 Å². The zero-order valence-corrected chi connectivity index (χ0v) is 19.0. The Morgan fingerprint density at radius 2 is 1.69 bits per heavy atom. The Morgan fingerprint density at radius 3 is 2.22 bits per heavy atom. The summed E-state index contributed by atoms with van der Waals surface area (Å²) in [4.78, 5) is 33.0. The Labute approximate surface area is 189 Å². The van der Waals surface area contributed by atoms with Gasteiger partial charge in [0.1, 0.15) is 11.6 Å². The normalized spacial score (nSPS) is 18.1. The molecule has 1 fully saturated rings. The van der Waals surface area contributed by atoms with Crippen molar-refractivity contribution in [1.82, 2.24) is 4.98 Å². The molecule has 1 aliphatic rings. The first-order chi connectivity index (χ1) is 15.2. The number of aliphatic hydroxyl groups excluding tert-OH is 1. The number of rotatable bonds is 4. The third-order valence-electron chi connectivity index (χ3n) is 5.70. The minimum Gasteiger partial charge on any atom is -0.507 e. The van der Waals surface area contributed by atoms with Gasteiger partial charge >= 0.3 is 5.91 Å². The lowest BCUT2D eigenvalue weighted by Crippen LogP contribution is -2.29. The van der Waals surface area contributed by atoms with Gasteiger partial charge in [-0.15, -0.1) is 11.3 Å². The molecule has 1 aromatic heterocycles. The summed E-state index contributed by atoms with van der Waals surface area (Å²) in [6.07, 6.45) is 0. The average molecular weight is 451 g/mol. The van der Waals surface area contributed by atoms with Crippen molar-refractivity contribution in [2.24, 2.45) is 0 Å². The minimum atomic E-state index is -0.841. The zero-order chi connectivity index (χ0) is 23.2. The maximum atomic E-state index is 13.4. The number of benzene rings is 2. The maximum Gasteiger partial charge on any atom is 0.301 e. The quantitative estimate of drug-likeness (QED) is 0.317. The second-order valence-electron chi connectivity index (χ2n) is 8.14. The number of hydrogen-bond acceptors (Lipinski definition) is 5. The molecule has 3 aromatic rings. The molecule has 1 N–H and O–H groups in total. The largest absolute Gasteiger partial charge is 0.507 e. The molecule has 32 heavy (non-hydrogen) atoms. The van der Waals surface area contributed by atoms with E-state index in [2.05, 4.69) is 18.8 Å². The van der Waals surface area contributed by atoms with E-state index < -0.39 is 23.5 Å². The molecule has 0 spiro atoms. The number of aryl methyl sites for hydroxylation is 2. The van der Waals surface area contributed by atoms with E-state index >= 15 is 0 Å². The summed E-state index contributed by atoms with van der Waals surface area (Å²) in [7, 11) is 0. The van der Waals surface area contributed by atoms with Crippen molar-refractivity contribution in [3.8, 4) is 0 Å². The van der Waals surface area contributed by atoms with Crippen LogP contribution in [0.3, 0.4) is 0 Å². The van der Waals surface area contributed by atoms with Crippen molar-refractivity contribution >= 4 is 33.9 Å². The molecule has 5 nitrogen and oxygen atoms in total. The van der Waals surface area contributed by atoms with Crippen LogP contribution >= 0.6 is 11.3 Å². The third kappa shape index (κ3) is 3.73. The van der Waals surface area contributed by atoms with Crippen molar-refractivity contribution in [2.45, 2.75) is 39.7 Å². The molecule has 2 aromatic carbocycles. The molecule has 1 atom stereocenters. The number of anilines is 1. The van der Waals surface area contributed by atoms with E-state index in [-0.39, 0.29) is 16.9 Å². The first-order valence-corrected chi connectivity index (χ1v) is 11.1. The van der Waals surface area contributed by atoms with Crippen molar-refractivity contribution in [2.75, 3.05) is 4.90 Å². The molecule has 0 radical (unpaired) electrons. The van der Waals surface area contributed by atoms with E-state index in [0.717, 1.165) is 16.1 Å². The molecule has 0 bridgehead atoms. The highest BCUT2D eigenvalue weighted by Gasteiger charge is 2.48. The van der Waals surface area contributed by atoms with Gasteiger partial charge in [-0.25, -0.2) is 9.37 Å². The van der Waals surface area contributed by atoms with E-state index in [0.29, 0.717) is 16.6 Å². The standard InChI is InChI=1S/C25H23FN2O3S/c1-13(2)16-5-7-17(8-6-16)21-20(22(29)18-9-11-19(26)12-10-18)23(30)24(31)28(21)25-27-14(3)15(4)32-25/h5-13,21,29H,1-4H3/t21-/m1/s1. The SMILES string of the molecule is Cc1nc(N2C(=O)C(=O)C(=C(O)c3ccc(F)cc3)[C@H]2c2ccc(C(C)C)cc2)sc1C. The van der Waals surface area contributed by atoms with Crippen molar-refractivity contribution in [3.63, 3.8) is 0 Å². The highest BCUT2D eigenvalue weighted by Crippen LogP contribution is 2.43. The summed E-state index contributed by atoms with van der Waals surface area (Å²) in [5.74, 6) is -2.03. The highest BCUT2D eigenvalue weighted by molar-refractivity contribution is 7.16. The summed E-state index contributed by atoms with van der Waals surface area (Å²) in [5, 5.41) is 11.4. The molecule has 4 rings (SSSR count). The van der Waals surface area contributed by atoms with Gasteiger partial charge in [0.2, 0.25) is 0 Å². The van der Waals surface area contributed by atoms with Crippen LogP contribution in [0.25, 0.3) is 5.76 Å². The summed E-state index contributed by atoms with van der Waals surface area (Å²) in [6.45, 7) is 7.91. The summed E-state index contributed by atoms with van der Waals surface area (Å²) >= 11 is 1.32. The Kier molecular flexibility index (Phi) is 5.69. The topological polar surface area (TPSA) is 70.5 Å². The summed E-state index contributed by atoms with van der Waals surface area (Å²) in [5.41, 5.74) is 2.80. The molecule has 1 saturated heterocycles. The monoisotopic (exact) mass is 450 g/mol. The molecule has 1 amide bonds. The number of halogens is 1. The Bertz CT molecular complexity index is 1210. The number of aliphatic hydroxyl groups is 1. The maximum absolute atomic E-state index is 13.4. The van der Waals surface area contributed by atoms with Gasteiger partial charge < -0.3 is 5.11 Å². The highest BCUT2D eigenvalue weighted by atomic mass is 32.1. The van der Waals surface area contributed by atoms with E-state index in [9.17, 15) is 19.1 Å². The molecule has 164 valence electrons. The number of aromatic nitrogens is 1. The van der Waals surface area contributed by atoms with E-state index in [4.69, 9.17) is 0 Å². The van der Waals surface area contributed by atoms with Gasteiger partial charge in [-0.2, -0.15) is 0 Å². The lowest BCUT2D eigenvalue weighted by atomic mass is 9.93. The van der Waals surface area contributed by atoms with Crippen LogP contribution in [-0.4, -0.2) is 21.8 Å². The Balaban J connectivity index is 1.92. The van der Waals surface area contributed by atoms with E-state index in [1.54, 1.807) is 0 Å². The summed E-state index contributed by atoms with van der Waals surface area (Å²) < 4.78 is 13.4. The Morgan fingerprint density at radius 1 is 1.06 bits per heavy atom. The van der Waals surface area contributed by atoms with Crippen LogP contribution in [0.2, 0.25) is 0 Å². The number of nitrogens with zero attached hydrogens (tertiary/aromatic N) is 2. The van der Waals surface area contributed by atoms with Gasteiger partial charge in [-0.3, -0.25) is 14.5 Å². The number of amides is 1. The second-order valence-corrected chi connectivity index (χ2v) is 9.32. The molecule has 7 heteroatoms. The second kappa shape index (κ2) is 8.31. The molecule has 0 unspecified atom stereocenters. The lowest BCUT2D eigenvalue weighted by molar-refractivity contribution is -0.132. The fraction of sp³-hybridized carbons (Fsp3) is 0.240. The minimum absolute atomic E-state index is 0.0376. The fourth-order valence-corrected chi connectivity index (χ4v) is 4.67. The number of thiazole rings is 1. The van der Waals surface area contributed by atoms with Crippen LogP contribution < -0.4 is 4.90 Å². The predicted molar refractivity (Wildman–Crippen MR) is 123 cm³/mol. The molecule has 2 heterocycles. The van der Waals surface area contributed by atoms with Gasteiger partial charge in [-0.1, -0.05) is 38.1 Å². The van der Waals surface area contributed by atoms with Crippen LogP contribution in [0.1, 0.15) is 53.1 Å². The molecule has 0 aliphatic carbocycles. The van der Waals surface area contributed by atoms with E-state index in [1.165, 1.54) is 40.5 Å². The first-order valence-electron chi connectivity index (χ1n) is 10.3. The Hall–Kier alpha value is -3.32. The van der Waals surface area contributed by atoms with Crippen molar-refractivity contribution in [3.05, 3.63) is 87.2 Å².